The van der Waals surface area contributed by atoms with E-state index >= 15 is 0 Å². The van der Waals surface area contributed by atoms with Gasteiger partial charge in [-0.05, 0) is 27.7 Å². The van der Waals surface area contributed by atoms with Gasteiger partial charge < -0.3 is 4.74 Å². The molecule has 0 aromatic heterocycles. The van der Waals surface area contributed by atoms with Crippen LogP contribution < -0.4 is 0 Å². The zero-order valence-corrected chi connectivity index (χ0v) is 11.3. The molecule has 0 rings (SSSR count). The van der Waals surface area contributed by atoms with Crippen molar-refractivity contribution in [3.63, 3.8) is 0 Å². The summed E-state index contributed by atoms with van der Waals surface area (Å²) in [5.41, 5.74) is -0.498. The van der Waals surface area contributed by atoms with Crippen molar-refractivity contribution in [2.45, 2.75) is 33.4 Å². The van der Waals surface area contributed by atoms with Crippen LogP contribution in [0.15, 0.2) is 0 Å². The molecule has 0 saturated heterocycles. The summed E-state index contributed by atoms with van der Waals surface area (Å²) in [7, 11) is -0.147. The zero-order valence-electron chi connectivity index (χ0n) is 10.4. The summed E-state index contributed by atoms with van der Waals surface area (Å²) < 4.78 is 4.75. The summed E-state index contributed by atoms with van der Waals surface area (Å²) in [6, 6.07) is 0. The fourth-order valence-corrected chi connectivity index (χ4v) is 5.87. The van der Waals surface area contributed by atoms with Gasteiger partial charge in [0.15, 0.2) is 5.78 Å². The predicted molar refractivity (Wildman–Crippen MR) is 65.0 cm³/mol. The number of hydrogen-bond donors (Lipinski definition) is 0. The summed E-state index contributed by atoms with van der Waals surface area (Å²) in [4.78, 5) is 23.3. The Hall–Kier alpha value is -0.430. The molecular weight excluding hydrogens is 211 g/mol. The first-order chi connectivity index (χ1) is 6.98. The zero-order chi connectivity index (χ0) is 12.1. The van der Waals surface area contributed by atoms with E-state index in [1.807, 2.05) is 0 Å². The van der Waals surface area contributed by atoms with E-state index in [0.29, 0.717) is 0 Å². The second kappa shape index (κ2) is 6.22. The number of carbonyl (C=O) groups excluding carboxylic acids is 2. The van der Waals surface area contributed by atoms with Crippen LogP contribution in [0.5, 0.6) is 0 Å². The van der Waals surface area contributed by atoms with Crippen molar-refractivity contribution in [3.05, 3.63) is 0 Å². The Morgan fingerprint density at radius 2 is 1.53 bits per heavy atom. The Morgan fingerprint density at radius 3 is 1.73 bits per heavy atom. The van der Waals surface area contributed by atoms with Crippen LogP contribution in [0.1, 0.15) is 27.7 Å². The third kappa shape index (κ3) is 3.01. The van der Waals surface area contributed by atoms with Gasteiger partial charge in [-0.3, -0.25) is 4.79 Å². The average molecular weight is 233 g/mol. The number of esters is 1. The molecule has 0 aromatic rings. The molecule has 0 fully saturated rings. The normalized spacial score (nSPS) is 13.4. The van der Waals surface area contributed by atoms with Crippen LogP contribution in [0.3, 0.4) is 0 Å². The van der Waals surface area contributed by atoms with E-state index in [1.54, 1.807) is 0 Å². The van der Waals surface area contributed by atoms with Crippen molar-refractivity contribution >= 4 is 19.0 Å². The monoisotopic (exact) mass is 233 g/mol. The van der Waals surface area contributed by atoms with E-state index < -0.39 is 12.9 Å². The molecule has 4 heteroatoms. The molecule has 88 valence electrons. The molecule has 0 aromatic carbocycles. The first kappa shape index (κ1) is 14.6. The minimum Gasteiger partial charge on any atom is -0.466 e. The van der Waals surface area contributed by atoms with E-state index in [-0.39, 0.29) is 11.8 Å². The van der Waals surface area contributed by atoms with Gasteiger partial charge in [-0.25, -0.2) is 4.79 Å². The maximum atomic E-state index is 11.7. The van der Waals surface area contributed by atoms with Crippen molar-refractivity contribution < 1.29 is 14.3 Å². The van der Waals surface area contributed by atoms with Gasteiger partial charge in [0, 0.05) is 7.26 Å². The molecule has 0 radical (unpaired) electrons. The number of Topliss-reactive ketones (excluding diaryl/α,β-unsaturated/α-hetero) is 1. The SMILES string of the molecule is CC[P+](CC)(CC)C(C(C)=O)C(=O)OC. The van der Waals surface area contributed by atoms with Crippen LogP contribution in [0.25, 0.3) is 0 Å². The van der Waals surface area contributed by atoms with Crippen LogP contribution in [0.2, 0.25) is 0 Å². The van der Waals surface area contributed by atoms with Gasteiger partial charge in [0.05, 0.1) is 25.6 Å². The number of carbonyl (C=O) groups is 2. The maximum Gasteiger partial charge on any atom is 0.354 e. The van der Waals surface area contributed by atoms with Gasteiger partial charge in [-0.2, -0.15) is 0 Å². The van der Waals surface area contributed by atoms with Crippen LogP contribution in [-0.2, 0) is 14.3 Å². The third-order valence-corrected chi connectivity index (χ3v) is 8.70. The molecule has 0 bridgehead atoms. The summed E-state index contributed by atoms with van der Waals surface area (Å²) >= 11 is 0. The Balaban J connectivity index is 5.18. The Morgan fingerprint density at radius 1 is 1.13 bits per heavy atom. The first-order valence-electron chi connectivity index (χ1n) is 5.43. The highest BCUT2D eigenvalue weighted by molar-refractivity contribution is 7.78. The van der Waals surface area contributed by atoms with Gasteiger partial charge in [0.25, 0.3) is 0 Å². The Kier molecular flexibility index (Phi) is 6.04. The van der Waals surface area contributed by atoms with Crippen LogP contribution in [0, 0.1) is 0 Å². The van der Waals surface area contributed by atoms with Gasteiger partial charge in [0.1, 0.15) is 0 Å². The van der Waals surface area contributed by atoms with Gasteiger partial charge in [0.2, 0.25) is 5.66 Å². The molecule has 0 spiro atoms. The van der Waals surface area contributed by atoms with Crippen molar-refractivity contribution in [2.75, 3.05) is 25.6 Å². The molecule has 0 N–H and O–H groups in total. The quantitative estimate of drug-likeness (QED) is 0.401. The molecular formula is C11H22O3P+. The van der Waals surface area contributed by atoms with Gasteiger partial charge in [-0.15, -0.1) is 0 Å². The standard InChI is InChI=1S/C11H22O3P/c1-6-15(7-2,8-3)10(9(4)12)11(13)14-5/h10H,6-8H2,1-5H3/q+1. The highest BCUT2D eigenvalue weighted by Gasteiger charge is 2.49. The minimum absolute atomic E-state index is 0.0410. The number of ether oxygens (including phenoxy) is 1. The molecule has 0 heterocycles. The third-order valence-electron chi connectivity index (χ3n) is 3.25. The molecule has 0 aliphatic heterocycles. The van der Waals surface area contributed by atoms with Crippen molar-refractivity contribution in [1.82, 2.24) is 0 Å². The fraction of sp³-hybridized carbons (Fsp3) is 0.818. The van der Waals surface area contributed by atoms with Gasteiger partial charge >= 0.3 is 5.97 Å². The Bertz CT molecular complexity index is 226. The van der Waals surface area contributed by atoms with Crippen molar-refractivity contribution in [2.24, 2.45) is 0 Å². The van der Waals surface area contributed by atoms with E-state index in [4.69, 9.17) is 4.74 Å². The molecule has 15 heavy (non-hydrogen) atoms. The lowest BCUT2D eigenvalue weighted by Gasteiger charge is -2.28. The lowest BCUT2D eigenvalue weighted by atomic mass is 10.3. The second-order valence-electron chi connectivity index (χ2n) is 3.70. The lowest BCUT2D eigenvalue weighted by Crippen LogP contribution is -2.35. The topological polar surface area (TPSA) is 43.4 Å². The lowest BCUT2D eigenvalue weighted by molar-refractivity contribution is -0.142. The van der Waals surface area contributed by atoms with Crippen LogP contribution in [-0.4, -0.2) is 43.0 Å². The van der Waals surface area contributed by atoms with Crippen molar-refractivity contribution in [3.8, 4) is 0 Å². The fourth-order valence-electron chi connectivity index (χ4n) is 2.11. The first-order valence-corrected chi connectivity index (χ1v) is 7.84. The predicted octanol–water partition coefficient (Wildman–Crippen LogP) is 2.19. The largest absolute Gasteiger partial charge is 0.466 e. The maximum absolute atomic E-state index is 11.7. The summed E-state index contributed by atoms with van der Waals surface area (Å²) in [5.74, 6) is -0.387. The minimum atomic E-state index is -1.50. The van der Waals surface area contributed by atoms with E-state index in [2.05, 4.69) is 20.8 Å². The molecule has 3 nitrogen and oxygen atoms in total. The smallest absolute Gasteiger partial charge is 0.354 e. The summed E-state index contributed by atoms with van der Waals surface area (Å²) in [6.45, 7) is 7.70. The highest BCUT2D eigenvalue weighted by Crippen LogP contribution is 2.62. The average Bonchev–Trinajstić information content (AvgIpc) is 2.24. The van der Waals surface area contributed by atoms with Gasteiger partial charge in [-0.1, -0.05) is 0 Å². The van der Waals surface area contributed by atoms with E-state index in [1.165, 1.54) is 14.0 Å². The molecule has 0 saturated carbocycles. The number of rotatable bonds is 6. The molecule has 0 aliphatic rings. The second-order valence-corrected chi connectivity index (χ2v) is 8.55. The van der Waals surface area contributed by atoms with Crippen molar-refractivity contribution in [1.29, 1.82) is 0 Å². The molecule has 1 atom stereocenters. The number of hydrogen-bond acceptors (Lipinski definition) is 3. The summed E-state index contributed by atoms with van der Waals surface area (Å²) in [5, 5.41) is 0. The highest BCUT2D eigenvalue weighted by atomic mass is 31.2. The van der Waals surface area contributed by atoms with E-state index in [0.717, 1.165) is 18.5 Å². The number of methoxy groups -OCH3 is 1. The van der Waals surface area contributed by atoms with E-state index in [9.17, 15) is 9.59 Å². The van der Waals surface area contributed by atoms with Crippen LogP contribution >= 0.6 is 7.26 Å². The Labute approximate surface area is 92.9 Å². The molecule has 0 amide bonds. The molecule has 0 aliphatic carbocycles. The van der Waals surface area contributed by atoms with Crippen LogP contribution in [0.4, 0.5) is 0 Å². The summed E-state index contributed by atoms with van der Waals surface area (Å²) in [6.07, 6.45) is 2.79. The molecule has 1 unspecified atom stereocenters. The number of ketones is 1.